The van der Waals surface area contributed by atoms with Gasteiger partial charge in [0, 0.05) is 41.3 Å². The van der Waals surface area contributed by atoms with Gasteiger partial charge < -0.3 is 9.30 Å². The molecule has 0 radical (unpaired) electrons. The van der Waals surface area contributed by atoms with Crippen molar-refractivity contribution in [3.8, 4) is 0 Å². The Kier molecular flexibility index (Phi) is 9.86. The van der Waals surface area contributed by atoms with Gasteiger partial charge in [-0.1, -0.05) is 83.9 Å². The number of benzene rings is 1. The number of nitrogens with zero attached hydrogens (tertiary/aromatic N) is 2. The number of carbonyl (C=O) groups is 2. The van der Waals surface area contributed by atoms with Gasteiger partial charge >= 0.3 is 5.97 Å². The van der Waals surface area contributed by atoms with E-state index in [0.717, 1.165) is 29.8 Å². The van der Waals surface area contributed by atoms with Crippen molar-refractivity contribution >= 4 is 22.7 Å². The molecule has 3 aliphatic rings. The molecule has 3 fully saturated rings. The molecule has 5 nitrogen and oxygen atoms in total. The number of carbonyl (C=O) groups excluding carboxylic acids is 2. The van der Waals surface area contributed by atoms with Crippen LogP contribution >= 0.6 is 0 Å². The number of aromatic nitrogens is 1. The molecule has 4 unspecified atom stereocenters. The number of Topliss-reactive ketones (excluding diaryl/α,β-unsaturated/α-hetero) is 1. The topological polar surface area (TPSA) is 51.5 Å². The Morgan fingerprint density at radius 1 is 0.811 bits per heavy atom. The quantitative estimate of drug-likeness (QED) is 0.241. The molecule has 204 valence electrons. The van der Waals surface area contributed by atoms with Crippen molar-refractivity contribution < 1.29 is 14.3 Å². The fourth-order valence-corrected chi connectivity index (χ4v) is 7.42. The molecule has 2 aliphatic heterocycles. The molecule has 4 atom stereocenters. The summed E-state index contributed by atoms with van der Waals surface area (Å²) in [5.74, 6) is -0.637. The smallest absolute Gasteiger partial charge is 0.379 e. The molecule has 5 rings (SSSR count). The van der Waals surface area contributed by atoms with E-state index in [2.05, 4.69) is 22.5 Å². The van der Waals surface area contributed by atoms with Crippen molar-refractivity contribution in [2.24, 2.45) is 5.92 Å². The number of piperidine rings is 2. The lowest BCUT2D eigenvalue weighted by molar-refractivity contribution is -0.135. The SMILES string of the molecule is CC.COC(=O)C(=O)c1cn(C2CC3CCC(C)C(C2)N3C2CCCCCCCCC2)c2ccccc12. The zero-order valence-electron chi connectivity index (χ0n) is 23.6. The highest BCUT2D eigenvalue weighted by Crippen LogP contribution is 2.45. The third kappa shape index (κ3) is 5.97. The molecule has 2 bridgehead atoms. The Morgan fingerprint density at radius 2 is 1.46 bits per heavy atom. The van der Waals surface area contributed by atoms with Crippen molar-refractivity contribution in [3.63, 3.8) is 0 Å². The van der Waals surface area contributed by atoms with Crippen LogP contribution in [0.5, 0.6) is 0 Å². The number of rotatable bonds is 4. The number of ketones is 1. The van der Waals surface area contributed by atoms with E-state index in [1.807, 2.05) is 38.2 Å². The third-order valence-corrected chi connectivity index (χ3v) is 9.22. The maximum absolute atomic E-state index is 12.8. The molecule has 37 heavy (non-hydrogen) atoms. The highest BCUT2D eigenvalue weighted by Gasteiger charge is 2.45. The number of fused-ring (bicyclic) bond motifs is 3. The molecule has 2 aromatic rings. The Morgan fingerprint density at radius 3 is 2.14 bits per heavy atom. The first kappa shape index (κ1) is 27.9. The van der Waals surface area contributed by atoms with Gasteiger partial charge in [-0.15, -0.1) is 0 Å². The summed E-state index contributed by atoms with van der Waals surface area (Å²) in [4.78, 5) is 27.9. The molecule has 0 amide bonds. The minimum Gasteiger partial charge on any atom is -0.463 e. The third-order valence-electron chi connectivity index (χ3n) is 9.22. The van der Waals surface area contributed by atoms with Crippen LogP contribution in [0.15, 0.2) is 30.5 Å². The predicted molar refractivity (Wildman–Crippen MR) is 151 cm³/mol. The average molecular weight is 509 g/mol. The summed E-state index contributed by atoms with van der Waals surface area (Å²) in [5, 5.41) is 0.857. The van der Waals surface area contributed by atoms with Crippen molar-refractivity contribution in [3.05, 3.63) is 36.0 Å². The number of esters is 1. The summed E-state index contributed by atoms with van der Waals surface area (Å²) in [6, 6.07) is 10.3. The highest BCUT2D eigenvalue weighted by atomic mass is 16.5. The van der Waals surface area contributed by atoms with E-state index in [0.29, 0.717) is 29.6 Å². The summed E-state index contributed by atoms with van der Waals surface area (Å²) >= 11 is 0. The lowest BCUT2D eigenvalue weighted by atomic mass is 9.74. The first-order chi connectivity index (χ1) is 18.1. The molecule has 0 N–H and O–H groups in total. The molecule has 3 heterocycles. The van der Waals surface area contributed by atoms with E-state index < -0.39 is 11.8 Å². The second-order valence-electron chi connectivity index (χ2n) is 11.3. The largest absolute Gasteiger partial charge is 0.463 e. The normalized spacial score (nSPS) is 27.7. The maximum atomic E-state index is 12.8. The molecule has 1 aromatic heterocycles. The van der Waals surface area contributed by atoms with Crippen LogP contribution in [0.4, 0.5) is 0 Å². The second-order valence-corrected chi connectivity index (χ2v) is 11.3. The van der Waals surface area contributed by atoms with Crippen LogP contribution in [0.25, 0.3) is 10.9 Å². The summed E-state index contributed by atoms with van der Waals surface area (Å²) in [5.41, 5.74) is 1.53. The molecule has 1 saturated carbocycles. The van der Waals surface area contributed by atoms with Gasteiger partial charge in [-0.05, 0) is 50.5 Å². The molecule has 1 aliphatic carbocycles. The van der Waals surface area contributed by atoms with Gasteiger partial charge in [0.25, 0.3) is 5.78 Å². The van der Waals surface area contributed by atoms with Crippen LogP contribution < -0.4 is 0 Å². The number of hydrogen-bond donors (Lipinski definition) is 0. The van der Waals surface area contributed by atoms with Gasteiger partial charge in [-0.3, -0.25) is 9.69 Å². The van der Waals surface area contributed by atoms with Gasteiger partial charge in [0.2, 0.25) is 0 Å². The monoisotopic (exact) mass is 508 g/mol. The fourth-order valence-electron chi connectivity index (χ4n) is 7.42. The summed E-state index contributed by atoms with van der Waals surface area (Å²) < 4.78 is 7.07. The zero-order chi connectivity index (χ0) is 26.4. The van der Waals surface area contributed by atoms with Crippen molar-refractivity contribution in [1.29, 1.82) is 0 Å². The minimum absolute atomic E-state index is 0.354. The molecule has 0 spiro atoms. The van der Waals surface area contributed by atoms with Gasteiger partial charge in [0.15, 0.2) is 0 Å². The van der Waals surface area contributed by atoms with Crippen molar-refractivity contribution in [2.75, 3.05) is 7.11 Å². The van der Waals surface area contributed by atoms with Gasteiger partial charge in [0.1, 0.15) is 0 Å². The van der Waals surface area contributed by atoms with Crippen molar-refractivity contribution in [1.82, 2.24) is 9.47 Å². The van der Waals surface area contributed by atoms with E-state index in [4.69, 9.17) is 4.74 Å². The zero-order valence-corrected chi connectivity index (χ0v) is 23.6. The molecular weight excluding hydrogens is 460 g/mol. The Labute approximate surface area is 223 Å². The summed E-state index contributed by atoms with van der Waals surface area (Å²) in [6.45, 7) is 6.45. The second kappa shape index (κ2) is 13.1. The molecule has 2 saturated heterocycles. The maximum Gasteiger partial charge on any atom is 0.379 e. The van der Waals surface area contributed by atoms with E-state index in [9.17, 15) is 9.59 Å². The number of ether oxygens (including phenoxy) is 1. The van der Waals surface area contributed by atoms with Crippen LogP contribution in [0.2, 0.25) is 0 Å². The molecular formula is C32H48N2O3. The van der Waals surface area contributed by atoms with Crippen LogP contribution in [-0.2, 0) is 9.53 Å². The molecule has 1 aromatic carbocycles. The average Bonchev–Trinajstić information content (AvgIpc) is 3.33. The minimum atomic E-state index is -0.788. The van der Waals surface area contributed by atoms with E-state index in [1.54, 1.807) is 0 Å². The lowest BCUT2D eigenvalue weighted by Crippen LogP contribution is -2.59. The van der Waals surface area contributed by atoms with Gasteiger partial charge in [-0.2, -0.15) is 0 Å². The van der Waals surface area contributed by atoms with E-state index >= 15 is 0 Å². The number of para-hydroxylation sites is 1. The Balaban J connectivity index is 0.00000156. The van der Waals surface area contributed by atoms with Gasteiger partial charge in [-0.25, -0.2) is 4.79 Å². The van der Waals surface area contributed by atoms with Crippen LogP contribution in [0.1, 0.15) is 121 Å². The first-order valence-electron chi connectivity index (χ1n) is 15.1. The fraction of sp³-hybridized carbons (Fsp3) is 0.688. The van der Waals surface area contributed by atoms with Crippen LogP contribution in [-0.4, -0.2) is 46.5 Å². The number of methoxy groups -OCH3 is 1. The Bertz CT molecular complexity index is 1030. The standard InChI is InChI=1S/C30H42N2O3.C2H6/c1-21-16-17-23-18-24(19-28(21)32(23)22-12-8-6-4-3-5-7-9-13-22)31-20-26(29(33)30(34)35-2)25-14-10-11-15-27(25)31;1-2/h10-11,14-15,20-24,28H,3-9,12-13,16-19H2,1-2H3;1-2H3. The highest BCUT2D eigenvalue weighted by molar-refractivity contribution is 6.43. The lowest BCUT2D eigenvalue weighted by Gasteiger charge is -2.55. The van der Waals surface area contributed by atoms with Crippen LogP contribution in [0.3, 0.4) is 0 Å². The molecule has 5 heteroatoms. The first-order valence-corrected chi connectivity index (χ1v) is 15.1. The van der Waals surface area contributed by atoms with Gasteiger partial charge in [0.05, 0.1) is 12.7 Å². The summed E-state index contributed by atoms with van der Waals surface area (Å²) in [7, 11) is 1.27. The van der Waals surface area contributed by atoms with Crippen LogP contribution in [0, 0.1) is 5.92 Å². The van der Waals surface area contributed by atoms with E-state index in [1.165, 1.54) is 77.7 Å². The predicted octanol–water partition coefficient (Wildman–Crippen LogP) is 7.72. The Hall–Kier alpha value is -2.14. The van der Waals surface area contributed by atoms with E-state index in [-0.39, 0.29) is 0 Å². The number of hydrogen-bond acceptors (Lipinski definition) is 4. The van der Waals surface area contributed by atoms with Crippen molar-refractivity contribution in [2.45, 2.75) is 128 Å². The summed E-state index contributed by atoms with van der Waals surface area (Å²) in [6.07, 6.45) is 19.3.